The molecule has 2 aromatic rings. The maximum atomic E-state index is 12.3. The Bertz CT molecular complexity index is 763. The van der Waals surface area contributed by atoms with Crippen molar-refractivity contribution in [2.24, 2.45) is 7.05 Å². The minimum absolute atomic E-state index is 0.00765. The SMILES string of the molecule is Cn1nccc1NC(=O)Cc1ccc2c(c1)CCN(C1CCC1)CC2. The van der Waals surface area contributed by atoms with E-state index in [1.165, 1.54) is 36.9 Å². The first-order valence-electron chi connectivity index (χ1n) is 9.31. The molecule has 4 rings (SSSR count). The van der Waals surface area contributed by atoms with Gasteiger partial charge < -0.3 is 5.32 Å². The number of anilines is 1. The van der Waals surface area contributed by atoms with E-state index in [2.05, 4.69) is 33.5 Å². The number of nitrogens with zero attached hydrogens (tertiary/aromatic N) is 3. The molecule has 0 spiro atoms. The van der Waals surface area contributed by atoms with Gasteiger partial charge in [0, 0.05) is 32.2 Å². The molecule has 5 heteroatoms. The Hall–Kier alpha value is -2.14. The van der Waals surface area contributed by atoms with Gasteiger partial charge >= 0.3 is 0 Å². The number of hydrogen-bond donors (Lipinski definition) is 1. The van der Waals surface area contributed by atoms with Crippen LogP contribution >= 0.6 is 0 Å². The molecule has 0 bridgehead atoms. The number of aryl methyl sites for hydroxylation is 1. The fourth-order valence-electron chi connectivity index (χ4n) is 3.89. The predicted octanol–water partition coefficient (Wildman–Crippen LogP) is 2.55. The van der Waals surface area contributed by atoms with Crippen molar-refractivity contribution < 1.29 is 4.79 Å². The van der Waals surface area contributed by atoms with Crippen LogP contribution < -0.4 is 5.32 Å². The van der Waals surface area contributed by atoms with Gasteiger partial charge in [-0.1, -0.05) is 24.6 Å². The Kier molecular flexibility index (Phi) is 4.57. The molecule has 0 unspecified atom stereocenters. The highest BCUT2D eigenvalue weighted by atomic mass is 16.1. The summed E-state index contributed by atoms with van der Waals surface area (Å²) in [6, 6.07) is 9.21. The Labute approximate surface area is 149 Å². The molecule has 1 aromatic carbocycles. The summed E-state index contributed by atoms with van der Waals surface area (Å²) < 4.78 is 1.67. The second-order valence-electron chi connectivity index (χ2n) is 7.29. The monoisotopic (exact) mass is 338 g/mol. The lowest BCUT2D eigenvalue weighted by Crippen LogP contribution is -2.41. The second-order valence-corrected chi connectivity index (χ2v) is 7.29. The normalized spacial score (nSPS) is 18.3. The van der Waals surface area contributed by atoms with E-state index in [9.17, 15) is 4.79 Å². The average molecular weight is 338 g/mol. The Morgan fingerprint density at radius 2 is 2.00 bits per heavy atom. The number of aromatic nitrogens is 2. The zero-order valence-electron chi connectivity index (χ0n) is 14.9. The van der Waals surface area contributed by atoms with E-state index >= 15 is 0 Å². The van der Waals surface area contributed by atoms with Crippen LogP contribution in [-0.2, 0) is 31.1 Å². The van der Waals surface area contributed by atoms with Gasteiger partial charge in [-0.25, -0.2) is 0 Å². The lowest BCUT2D eigenvalue weighted by atomic mass is 9.91. The molecule has 0 atom stereocenters. The fraction of sp³-hybridized carbons (Fsp3) is 0.500. The van der Waals surface area contributed by atoms with E-state index in [1.807, 2.05) is 13.1 Å². The van der Waals surface area contributed by atoms with Crippen LogP contribution in [-0.4, -0.2) is 39.7 Å². The van der Waals surface area contributed by atoms with Gasteiger partial charge in [0.2, 0.25) is 5.91 Å². The van der Waals surface area contributed by atoms with Gasteiger partial charge in [-0.05, 0) is 42.4 Å². The van der Waals surface area contributed by atoms with Gasteiger partial charge in [-0.15, -0.1) is 0 Å². The molecular formula is C20H26N4O. The maximum Gasteiger partial charge on any atom is 0.229 e. The standard InChI is InChI=1S/C20H26N4O/c1-23-19(7-10-21-23)22-20(25)14-15-5-6-16-8-11-24(18-3-2-4-18)12-9-17(16)13-15/h5-7,10,13,18H,2-4,8-9,11-12,14H2,1H3,(H,22,25). The Balaban J connectivity index is 1.40. The van der Waals surface area contributed by atoms with Crippen molar-refractivity contribution in [2.75, 3.05) is 18.4 Å². The first-order valence-corrected chi connectivity index (χ1v) is 9.31. The van der Waals surface area contributed by atoms with E-state index in [-0.39, 0.29) is 5.91 Å². The van der Waals surface area contributed by atoms with Crippen LogP contribution in [0.1, 0.15) is 36.0 Å². The summed E-state index contributed by atoms with van der Waals surface area (Å²) in [6.07, 6.45) is 8.46. The molecule has 1 aromatic heterocycles. The fourth-order valence-corrected chi connectivity index (χ4v) is 3.89. The second kappa shape index (κ2) is 7.00. The third-order valence-corrected chi connectivity index (χ3v) is 5.65. The van der Waals surface area contributed by atoms with E-state index in [1.54, 1.807) is 10.9 Å². The van der Waals surface area contributed by atoms with E-state index in [0.717, 1.165) is 36.8 Å². The molecule has 1 saturated carbocycles. The van der Waals surface area contributed by atoms with Crippen LogP contribution in [0.5, 0.6) is 0 Å². The zero-order chi connectivity index (χ0) is 17.2. The van der Waals surface area contributed by atoms with Crippen molar-refractivity contribution in [3.8, 4) is 0 Å². The summed E-state index contributed by atoms with van der Waals surface area (Å²) in [7, 11) is 1.83. The average Bonchev–Trinajstić information content (AvgIpc) is 2.82. The molecule has 132 valence electrons. The van der Waals surface area contributed by atoms with Gasteiger partial charge in [-0.2, -0.15) is 5.10 Å². The molecule has 5 nitrogen and oxygen atoms in total. The Morgan fingerprint density at radius 1 is 1.20 bits per heavy atom. The highest BCUT2D eigenvalue weighted by Crippen LogP contribution is 2.27. The molecule has 1 aliphatic carbocycles. The van der Waals surface area contributed by atoms with Crippen LogP contribution in [0.3, 0.4) is 0 Å². The molecule has 0 saturated heterocycles. The van der Waals surface area contributed by atoms with Crippen LogP contribution in [0.2, 0.25) is 0 Å². The molecule has 25 heavy (non-hydrogen) atoms. The number of amides is 1. The van der Waals surface area contributed by atoms with Crippen LogP contribution in [0.4, 0.5) is 5.82 Å². The van der Waals surface area contributed by atoms with Crippen molar-refractivity contribution in [3.63, 3.8) is 0 Å². The van der Waals surface area contributed by atoms with Gasteiger partial charge in [0.1, 0.15) is 5.82 Å². The molecule has 2 heterocycles. The van der Waals surface area contributed by atoms with Gasteiger partial charge in [0.25, 0.3) is 0 Å². The van der Waals surface area contributed by atoms with Crippen molar-refractivity contribution in [1.82, 2.24) is 14.7 Å². The smallest absolute Gasteiger partial charge is 0.229 e. The predicted molar refractivity (Wildman–Crippen MR) is 98.6 cm³/mol. The topological polar surface area (TPSA) is 50.2 Å². The lowest BCUT2D eigenvalue weighted by molar-refractivity contribution is -0.115. The van der Waals surface area contributed by atoms with E-state index in [4.69, 9.17) is 0 Å². The molecule has 2 aliphatic rings. The summed E-state index contributed by atoms with van der Waals surface area (Å²) in [5, 5.41) is 7.00. The van der Waals surface area contributed by atoms with Crippen molar-refractivity contribution >= 4 is 11.7 Å². The molecule has 1 amide bonds. The quantitative estimate of drug-likeness (QED) is 0.932. The van der Waals surface area contributed by atoms with Crippen LogP contribution in [0.25, 0.3) is 0 Å². The Morgan fingerprint density at radius 3 is 2.68 bits per heavy atom. The van der Waals surface area contributed by atoms with E-state index < -0.39 is 0 Å². The number of nitrogens with one attached hydrogen (secondary N) is 1. The third kappa shape index (κ3) is 3.61. The number of carbonyl (C=O) groups is 1. The zero-order valence-corrected chi connectivity index (χ0v) is 14.9. The molecular weight excluding hydrogens is 312 g/mol. The lowest BCUT2D eigenvalue weighted by Gasteiger charge is -2.36. The molecule has 0 radical (unpaired) electrons. The summed E-state index contributed by atoms with van der Waals surface area (Å²) in [4.78, 5) is 15.0. The highest BCUT2D eigenvalue weighted by molar-refractivity contribution is 5.91. The van der Waals surface area contributed by atoms with Crippen LogP contribution in [0.15, 0.2) is 30.5 Å². The number of carbonyl (C=O) groups excluding carboxylic acids is 1. The minimum atomic E-state index is 0.00765. The first kappa shape index (κ1) is 16.3. The van der Waals surface area contributed by atoms with Gasteiger partial charge in [0.05, 0.1) is 12.6 Å². The minimum Gasteiger partial charge on any atom is -0.311 e. The summed E-state index contributed by atoms with van der Waals surface area (Å²) >= 11 is 0. The van der Waals surface area contributed by atoms with Gasteiger partial charge in [0.15, 0.2) is 0 Å². The number of rotatable bonds is 4. The largest absolute Gasteiger partial charge is 0.311 e. The number of hydrogen-bond acceptors (Lipinski definition) is 3. The van der Waals surface area contributed by atoms with Crippen molar-refractivity contribution in [1.29, 1.82) is 0 Å². The van der Waals surface area contributed by atoms with Gasteiger partial charge in [-0.3, -0.25) is 14.4 Å². The van der Waals surface area contributed by atoms with Crippen LogP contribution in [0, 0.1) is 0 Å². The summed E-state index contributed by atoms with van der Waals surface area (Å²) in [5.74, 6) is 0.740. The molecule has 1 N–H and O–H groups in total. The van der Waals surface area contributed by atoms with Crippen molar-refractivity contribution in [3.05, 3.63) is 47.2 Å². The number of benzene rings is 1. The third-order valence-electron chi connectivity index (χ3n) is 5.65. The molecule has 1 aliphatic heterocycles. The number of fused-ring (bicyclic) bond motifs is 1. The highest BCUT2D eigenvalue weighted by Gasteiger charge is 2.26. The molecule has 1 fully saturated rings. The first-order chi connectivity index (χ1) is 12.2. The summed E-state index contributed by atoms with van der Waals surface area (Å²) in [5.41, 5.74) is 3.97. The summed E-state index contributed by atoms with van der Waals surface area (Å²) in [6.45, 7) is 2.33. The maximum absolute atomic E-state index is 12.3. The van der Waals surface area contributed by atoms with E-state index in [0.29, 0.717) is 6.42 Å². The van der Waals surface area contributed by atoms with Crippen molar-refractivity contribution in [2.45, 2.75) is 44.6 Å².